The number of carbonyl (C=O) groups excluding carboxylic acids is 1. The molecule has 1 aromatic heterocycles. The summed E-state index contributed by atoms with van der Waals surface area (Å²) in [5.74, 6) is -0.247. The van der Waals surface area contributed by atoms with Gasteiger partial charge in [-0.2, -0.15) is 18.3 Å². The van der Waals surface area contributed by atoms with Crippen LogP contribution in [0.15, 0.2) is 97.1 Å². The van der Waals surface area contributed by atoms with Gasteiger partial charge in [-0.25, -0.2) is 4.68 Å². The maximum absolute atomic E-state index is 14.1. The summed E-state index contributed by atoms with van der Waals surface area (Å²) in [6.45, 7) is 0.610. The molecule has 0 aliphatic carbocycles. The molecule has 2 heterocycles. The molecular weight excluding hydrogens is 465 g/mol. The summed E-state index contributed by atoms with van der Waals surface area (Å²) in [7, 11) is 0. The molecule has 1 aliphatic rings. The Balaban J connectivity index is 1.47. The van der Waals surface area contributed by atoms with Crippen LogP contribution in [-0.2, 0) is 13.1 Å². The Labute approximate surface area is 207 Å². The zero-order valence-corrected chi connectivity index (χ0v) is 19.4. The van der Waals surface area contributed by atoms with Gasteiger partial charge < -0.3 is 10.2 Å². The standard InChI is InChI=1S/C28H25F3N4O/c29-28(30,31)25-16-23(22-14-8-3-9-15-22)32-26-17-24(33-35(25)26)27(36)34(18-20-10-4-1-5-11-20)19-21-12-6-2-7-13-21/h1-15,17,23,25,32H,16,18-19H2. The minimum Gasteiger partial charge on any atom is -0.363 e. The molecule has 5 nitrogen and oxygen atoms in total. The molecule has 5 rings (SSSR count). The summed E-state index contributed by atoms with van der Waals surface area (Å²) in [6.07, 6.45) is -4.72. The number of halogens is 3. The monoisotopic (exact) mass is 490 g/mol. The number of nitrogens with one attached hydrogen (secondary N) is 1. The molecule has 1 aliphatic heterocycles. The largest absolute Gasteiger partial charge is 0.410 e. The average molecular weight is 491 g/mol. The van der Waals surface area contributed by atoms with Gasteiger partial charge in [0.2, 0.25) is 0 Å². The predicted molar refractivity (Wildman–Crippen MR) is 131 cm³/mol. The van der Waals surface area contributed by atoms with E-state index in [0.717, 1.165) is 21.4 Å². The fourth-order valence-electron chi connectivity index (χ4n) is 4.55. The molecule has 2 unspecified atom stereocenters. The van der Waals surface area contributed by atoms with Crippen LogP contribution >= 0.6 is 0 Å². The number of carbonyl (C=O) groups is 1. The van der Waals surface area contributed by atoms with E-state index >= 15 is 0 Å². The van der Waals surface area contributed by atoms with Gasteiger partial charge in [-0.1, -0.05) is 91.0 Å². The van der Waals surface area contributed by atoms with Crippen LogP contribution in [0.25, 0.3) is 0 Å². The summed E-state index contributed by atoms with van der Waals surface area (Å²) in [4.78, 5) is 15.2. The second-order valence-corrected chi connectivity index (χ2v) is 8.89. The molecule has 0 fully saturated rings. The first-order chi connectivity index (χ1) is 17.4. The van der Waals surface area contributed by atoms with Gasteiger partial charge in [-0.3, -0.25) is 4.79 Å². The Morgan fingerprint density at radius 3 is 1.94 bits per heavy atom. The van der Waals surface area contributed by atoms with Crippen LogP contribution in [0.5, 0.6) is 0 Å². The average Bonchev–Trinajstić information content (AvgIpc) is 3.32. The Morgan fingerprint density at radius 2 is 1.42 bits per heavy atom. The molecular formula is C28H25F3N4O. The minimum absolute atomic E-state index is 0.0210. The first-order valence-electron chi connectivity index (χ1n) is 11.7. The van der Waals surface area contributed by atoms with E-state index in [1.807, 2.05) is 66.7 Å². The third-order valence-electron chi connectivity index (χ3n) is 6.33. The number of anilines is 1. The zero-order chi connectivity index (χ0) is 25.1. The van der Waals surface area contributed by atoms with Crippen LogP contribution in [-0.4, -0.2) is 26.8 Å². The highest BCUT2D eigenvalue weighted by Crippen LogP contribution is 2.43. The number of hydrogen-bond donors (Lipinski definition) is 1. The maximum atomic E-state index is 14.1. The lowest BCUT2D eigenvalue weighted by Crippen LogP contribution is -2.36. The lowest BCUT2D eigenvalue weighted by atomic mass is 9.97. The second kappa shape index (κ2) is 9.89. The van der Waals surface area contributed by atoms with E-state index in [9.17, 15) is 18.0 Å². The molecule has 1 N–H and O–H groups in total. The van der Waals surface area contributed by atoms with E-state index in [2.05, 4.69) is 10.4 Å². The van der Waals surface area contributed by atoms with Crippen molar-refractivity contribution in [2.75, 3.05) is 5.32 Å². The third kappa shape index (κ3) is 5.12. The normalized spacial score (nSPS) is 17.2. The van der Waals surface area contributed by atoms with Crippen LogP contribution in [0.1, 0.15) is 45.7 Å². The summed E-state index contributed by atoms with van der Waals surface area (Å²) in [6, 6.07) is 27.0. The number of fused-ring (bicyclic) bond motifs is 1. The molecule has 0 radical (unpaired) electrons. The topological polar surface area (TPSA) is 50.2 Å². The van der Waals surface area contributed by atoms with Gasteiger partial charge in [0, 0.05) is 25.6 Å². The number of aromatic nitrogens is 2. The Morgan fingerprint density at radius 1 is 0.889 bits per heavy atom. The van der Waals surface area contributed by atoms with Gasteiger partial charge in [0.25, 0.3) is 5.91 Å². The van der Waals surface area contributed by atoms with Crippen LogP contribution < -0.4 is 5.32 Å². The van der Waals surface area contributed by atoms with Gasteiger partial charge in [-0.15, -0.1) is 0 Å². The summed E-state index contributed by atoms with van der Waals surface area (Å²) < 4.78 is 43.1. The van der Waals surface area contributed by atoms with E-state index in [-0.39, 0.29) is 17.9 Å². The highest BCUT2D eigenvalue weighted by molar-refractivity contribution is 5.93. The molecule has 0 saturated carbocycles. The molecule has 0 bridgehead atoms. The van der Waals surface area contributed by atoms with Crippen molar-refractivity contribution in [3.05, 3.63) is 119 Å². The van der Waals surface area contributed by atoms with Crippen LogP contribution in [0.4, 0.5) is 19.0 Å². The van der Waals surface area contributed by atoms with Crippen LogP contribution in [0.3, 0.4) is 0 Å². The first-order valence-corrected chi connectivity index (χ1v) is 11.7. The van der Waals surface area contributed by atoms with Gasteiger partial charge in [0.15, 0.2) is 11.7 Å². The number of amides is 1. The summed E-state index contributed by atoms with van der Waals surface area (Å²) >= 11 is 0. The molecule has 2 atom stereocenters. The Kier molecular flexibility index (Phi) is 6.50. The number of alkyl halides is 3. The van der Waals surface area contributed by atoms with Crippen molar-refractivity contribution in [2.45, 2.75) is 37.8 Å². The van der Waals surface area contributed by atoms with E-state index in [1.165, 1.54) is 6.07 Å². The van der Waals surface area contributed by atoms with E-state index in [1.54, 1.807) is 29.2 Å². The lowest BCUT2D eigenvalue weighted by Gasteiger charge is -2.33. The summed E-state index contributed by atoms with van der Waals surface area (Å²) in [5, 5.41) is 7.33. The van der Waals surface area contributed by atoms with Crippen molar-refractivity contribution in [1.82, 2.24) is 14.7 Å². The maximum Gasteiger partial charge on any atom is 0.410 e. The Hall–Kier alpha value is -4.07. The zero-order valence-electron chi connectivity index (χ0n) is 19.4. The van der Waals surface area contributed by atoms with Crippen molar-refractivity contribution >= 4 is 11.7 Å². The molecule has 1 amide bonds. The van der Waals surface area contributed by atoms with Crippen molar-refractivity contribution in [1.29, 1.82) is 0 Å². The number of rotatable bonds is 6. The van der Waals surface area contributed by atoms with Crippen molar-refractivity contribution in [3.63, 3.8) is 0 Å². The van der Waals surface area contributed by atoms with Crippen molar-refractivity contribution in [2.24, 2.45) is 0 Å². The van der Waals surface area contributed by atoms with Crippen LogP contribution in [0.2, 0.25) is 0 Å². The number of hydrogen-bond acceptors (Lipinski definition) is 3. The second-order valence-electron chi connectivity index (χ2n) is 8.89. The fraction of sp³-hybridized carbons (Fsp3) is 0.214. The van der Waals surface area contributed by atoms with Gasteiger partial charge in [0.05, 0.1) is 6.04 Å². The van der Waals surface area contributed by atoms with Gasteiger partial charge in [0.1, 0.15) is 5.82 Å². The molecule has 0 saturated heterocycles. The quantitative estimate of drug-likeness (QED) is 0.341. The molecule has 0 spiro atoms. The smallest absolute Gasteiger partial charge is 0.363 e. The predicted octanol–water partition coefficient (Wildman–Crippen LogP) is 6.39. The van der Waals surface area contributed by atoms with E-state index in [4.69, 9.17) is 0 Å². The van der Waals surface area contributed by atoms with Gasteiger partial charge in [-0.05, 0) is 16.7 Å². The molecule has 184 valence electrons. The Bertz CT molecular complexity index is 1270. The molecule has 8 heteroatoms. The number of benzene rings is 3. The summed E-state index contributed by atoms with van der Waals surface area (Å²) in [5.41, 5.74) is 2.57. The van der Waals surface area contributed by atoms with E-state index in [0.29, 0.717) is 13.1 Å². The highest BCUT2D eigenvalue weighted by atomic mass is 19.4. The lowest BCUT2D eigenvalue weighted by molar-refractivity contribution is -0.173. The first kappa shape index (κ1) is 23.7. The van der Waals surface area contributed by atoms with Crippen LogP contribution in [0, 0.1) is 0 Å². The highest BCUT2D eigenvalue weighted by Gasteiger charge is 2.47. The van der Waals surface area contributed by atoms with E-state index < -0.39 is 24.2 Å². The molecule has 4 aromatic rings. The third-order valence-corrected chi connectivity index (χ3v) is 6.33. The van der Waals surface area contributed by atoms with Crippen molar-refractivity contribution < 1.29 is 18.0 Å². The van der Waals surface area contributed by atoms with Crippen molar-refractivity contribution in [3.8, 4) is 0 Å². The minimum atomic E-state index is -4.51. The SMILES string of the molecule is O=C(c1cc2n(n1)C(C(F)(F)F)CC(c1ccccc1)N2)N(Cc1ccccc1)Cc1ccccc1. The molecule has 36 heavy (non-hydrogen) atoms. The van der Waals surface area contributed by atoms with Gasteiger partial charge >= 0.3 is 6.18 Å². The molecule has 3 aromatic carbocycles. The number of nitrogens with zero attached hydrogens (tertiary/aromatic N) is 3. The fourth-order valence-corrected chi connectivity index (χ4v) is 4.55.